The van der Waals surface area contributed by atoms with Gasteiger partial charge in [-0.2, -0.15) is 0 Å². The largest absolute Gasteiger partial charge is 0.472 e. The number of esters is 2. The minimum absolute atomic E-state index is 0.0423. The Morgan fingerprint density at radius 3 is 1.01 bits per heavy atom. The molecule has 0 heterocycles. The number of ether oxygens (including phenoxy) is 2. The highest BCUT2D eigenvalue weighted by Crippen LogP contribution is 2.43. The molecule has 0 saturated carbocycles. The van der Waals surface area contributed by atoms with Crippen LogP contribution in [-0.2, 0) is 32.7 Å². The molecular formula is C69H118NO8P. The van der Waals surface area contributed by atoms with Crippen molar-refractivity contribution >= 4 is 19.8 Å². The Bertz CT molecular complexity index is 1710. The molecule has 10 heteroatoms. The summed E-state index contributed by atoms with van der Waals surface area (Å²) in [6.07, 6.45) is 88.8. The molecule has 2 atom stereocenters. The summed E-state index contributed by atoms with van der Waals surface area (Å²) < 4.78 is 33.0. The third kappa shape index (κ3) is 63.5. The van der Waals surface area contributed by atoms with Gasteiger partial charge in [0, 0.05) is 19.4 Å². The van der Waals surface area contributed by atoms with Crippen LogP contribution in [0.4, 0.5) is 0 Å². The van der Waals surface area contributed by atoms with Crippen LogP contribution in [-0.4, -0.2) is 49.3 Å². The van der Waals surface area contributed by atoms with Crippen molar-refractivity contribution in [2.45, 2.75) is 277 Å². The predicted octanol–water partition coefficient (Wildman–Crippen LogP) is 20.7. The zero-order valence-corrected chi connectivity index (χ0v) is 51.5. The minimum atomic E-state index is -4.41. The number of unbranched alkanes of at least 4 members (excludes halogenated alkanes) is 26. The first-order valence-electron chi connectivity index (χ1n) is 32.0. The van der Waals surface area contributed by atoms with Crippen molar-refractivity contribution < 1.29 is 37.6 Å². The molecule has 9 nitrogen and oxygen atoms in total. The lowest BCUT2D eigenvalue weighted by Gasteiger charge is -2.19. The second-order valence-corrected chi connectivity index (χ2v) is 22.3. The van der Waals surface area contributed by atoms with Crippen LogP contribution in [0.1, 0.15) is 271 Å². The molecule has 2 unspecified atom stereocenters. The maximum absolute atomic E-state index is 12.7. The predicted molar refractivity (Wildman–Crippen MR) is 339 cm³/mol. The van der Waals surface area contributed by atoms with E-state index >= 15 is 0 Å². The molecule has 0 spiro atoms. The molecule has 0 aliphatic carbocycles. The van der Waals surface area contributed by atoms with E-state index in [-0.39, 0.29) is 32.6 Å². The molecule has 452 valence electrons. The van der Waals surface area contributed by atoms with Crippen molar-refractivity contribution in [2.24, 2.45) is 5.73 Å². The topological polar surface area (TPSA) is 134 Å². The average molecular weight is 1120 g/mol. The van der Waals surface area contributed by atoms with Crippen LogP contribution >= 0.6 is 7.82 Å². The monoisotopic (exact) mass is 1120 g/mol. The molecule has 0 amide bonds. The van der Waals surface area contributed by atoms with Gasteiger partial charge in [0.2, 0.25) is 0 Å². The molecule has 0 aromatic rings. The molecule has 0 aromatic carbocycles. The summed E-state index contributed by atoms with van der Waals surface area (Å²) in [5.41, 5.74) is 5.38. The van der Waals surface area contributed by atoms with Crippen molar-refractivity contribution in [1.29, 1.82) is 0 Å². The van der Waals surface area contributed by atoms with E-state index in [0.29, 0.717) is 12.8 Å². The zero-order valence-electron chi connectivity index (χ0n) is 50.6. The number of hydrogen-bond donors (Lipinski definition) is 2. The van der Waals surface area contributed by atoms with Gasteiger partial charge < -0.3 is 20.1 Å². The molecule has 0 fully saturated rings. The Kier molecular flexibility index (Phi) is 60.7. The maximum atomic E-state index is 12.7. The molecule has 79 heavy (non-hydrogen) atoms. The van der Waals surface area contributed by atoms with Gasteiger partial charge in [0.15, 0.2) is 6.10 Å². The fourth-order valence-electron chi connectivity index (χ4n) is 8.70. The van der Waals surface area contributed by atoms with Gasteiger partial charge in [0.25, 0.3) is 0 Å². The summed E-state index contributed by atoms with van der Waals surface area (Å²) in [5.74, 6) is -0.894. The van der Waals surface area contributed by atoms with E-state index in [4.69, 9.17) is 24.3 Å². The summed E-state index contributed by atoms with van der Waals surface area (Å²) in [7, 11) is -4.41. The Balaban J connectivity index is 3.83. The van der Waals surface area contributed by atoms with Crippen LogP contribution in [0.3, 0.4) is 0 Å². The number of phosphoric ester groups is 1. The van der Waals surface area contributed by atoms with Gasteiger partial charge in [0.05, 0.1) is 13.2 Å². The molecular weight excluding hydrogens is 1000 g/mol. The second-order valence-electron chi connectivity index (χ2n) is 20.9. The summed E-state index contributed by atoms with van der Waals surface area (Å²) >= 11 is 0. The van der Waals surface area contributed by atoms with Crippen LogP contribution in [0.15, 0.2) is 122 Å². The average Bonchev–Trinajstić information content (AvgIpc) is 3.44. The van der Waals surface area contributed by atoms with Gasteiger partial charge in [-0.05, 0) is 96.3 Å². The first-order chi connectivity index (χ1) is 38.8. The van der Waals surface area contributed by atoms with E-state index in [1.165, 1.54) is 141 Å². The molecule has 0 aromatic heterocycles. The fraction of sp³-hybridized carbons (Fsp3) is 0.681. The fourth-order valence-corrected chi connectivity index (χ4v) is 9.47. The summed E-state index contributed by atoms with van der Waals surface area (Å²) in [4.78, 5) is 35.2. The van der Waals surface area contributed by atoms with Gasteiger partial charge >= 0.3 is 19.8 Å². The van der Waals surface area contributed by atoms with E-state index in [2.05, 4.69) is 135 Å². The third-order valence-corrected chi connectivity index (χ3v) is 14.3. The quantitative estimate of drug-likeness (QED) is 0.0264. The Morgan fingerprint density at radius 2 is 0.671 bits per heavy atom. The number of nitrogens with two attached hydrogens (primary N) is 1. The van der Waals surface area contributed by atoms with Gasteiger partial charge in [-0.15, -0.1) is 0 Å². The highest BCUT2D eigenvalue weighted by molar-refractivity contribution is 7.47. The molecule has 0 rings (SSSR count). The van der Waals surface area contributed by atoms with Gasteiger partial charge in [-0.25, -0.2) is 4.57 Å². The molecule has 0 aliphatic heterocycles. The lowest BCUT2D eigenvalue weighted by Crippen LogP contribution is -2.29. The van der Waals surface area contributed by atoms with Crippen LogP contribution in [0.5, 0.6) is 0 Å². The van der Waals surface area contributed by atoms with Gasteiger partial charge in [-0.3, -0.25) is 18.6 Å². The lowest BCUT2D eigenvalue weighted by molar-refractivity contribution is -0.161. The van der Waals surface area contributed by atoms with Crippen LogP contribution in [0.25, 0.3) is 0 Å². The maximum Gasteiger partial charge on any atom is 0.472 e. The molecule has 0 saturated heterocycles. The number of allylic oxidation sites excluding steroid dienone is 20. The van der Waals surface area contributed by atoms with E-state index in [1.54, 1.807) is 0 Å². The summed E-state index contributed by atoms with van der Waals surface area (Å²) in [6, 6.07) is 0. The van der Waals surface area contributed by atoms with Gasteiger partial charge in [0.1, 0.15) is 6.61 Å². The standard InChI is InChI=1S/C69H118NO8P/c1-3-5-7-9-11-13-15-17-19-21-22-23-24-25-26-27-28-29-30-31-32-33-34-35-36-37-38-39-40-41-42-43-44-46-48-50-52-54-56-58-60-62-69(72)78-67(66-77-79(73,74)76-64-63-70)65-75-68(71)61-59-57-55-53-51-49-47-45-20-18-16-14-12-10-8-6-4-2/h5-8,11-14,17-20,22-23,25-26,47,49,53,55,67H,3-4,9-10,15-16,21,24,27-46,48,50-52,54,56-66,70H2,1-2H3,(H,73,74)/b7-5-,8-6-,13-11-,14-12-,19-17-,20-18-,23-22-,26-25-,49-47-,55-53-. The van der Waals surface area contributed by atoms with Crippen molar-refractivity contribution in [3.8, 4) is 0 Å². The van der Waals surface area contributed by atoms with E-state index in [1.807, 2.05) is 0 Å². The molecule has 0 radical (unpaired) electrons. The van der Waals surface area contributed by atoms with Crippen molar-refractivity contribution in [3.63, 3.8) is 0 Å². The number of rotatable bonds is 59. The van der Waals surface area contributed by atoms with Crippen LogP contribution in [0.2, 0.25) is 0 Å². The van der Waals surface area contributed by atoms with E-state index in [0.717, 1.165) is 89.9 Å². The number of hydrogen-bond acceptors (Lipinski definition) is 8. The molecule has 0 aliphatic rings. The summed E-state index contributed by atoms with van der Waals surface area (Å²) in [6.45, 7) is 3.46. The zero-order chi connectivity index (χ0) is 57.3. The summed E-state index contributed by atoms with van der Waals surface area (Å²) in [5, 5.41) is 0. The molecule has 3 N–H and O–H groups in total. The number of carbonyl (C=O) groups is 2. The van der Waals surface area contributed by atoms with Crippen LogP contribution < -0.4 is 5.73 Å². The Morgan fingerprint density at radius 1 is 0.380 bits per heavy atom. The van der Waals surface area contributed by atoms with E-state index < -0.39 is 32.5 Å². The lowest BCUT2D eigenvalue weighted by atomic mass is 10.0. The first kappa shape index (κ1) is 75.4. The molecule has 0 bridgehead atoms. The highest BCUT2D eigenvalue weighted by atomic mass is 31.2. The van der Waals surface area contributed by atoms with E-state index in [9.17, 15) is 19.0 Å². The first-order valence-corrected chi connectivity index (χ1v) is 33.5. The SMILES string of the molecule is CC/C=C\C/C=C\C/C=C\C/C=C\C/C=C\CCCCCCCCCCCCCCCCCCCCCCCCCCCC(=O)OC(COC(=O)CCC/C=C\C/C=C\C/C=C\C/C=C\C/C=C\CC)COP(=O)(O)OCCN. The van der Waals surface area contributed by atoms with Gasteiger partial charge in [-0.1, -0.05) is 283 Å². The normalized spacial score (nSPS) is 13.8. The minimum Gasteiger partial charge on any atom is -0.462 e. The number of carbonyl (C=O) groups excluding carboxylic acids is 2. The second kappa shape index (κ2) is 63.6. The Labute approximate surface area is 485 Å². The van der Waals surface area contributed by atoms with Crippen molar-refractivity contribution in [1.82, 2.24) is 0 Å². The van der Waals surface area contributed by atoms with Crippen LogP contribution in [0, 0.1) is 0 Å². The number of phosphoric acid groups is 1. The van der Waals surface area contributed by atoms with Crippen molar-refractivity contribution in [2.75, 3.05) is 26.4 Å². The Hall–Kier alpha value is -3.59. The highest BCUT2D eigenvalue weighted by Gasteiger charge is 2.26. The van der Waals surface area contributed by atoms with Crippen molar-refractivity contribution in [3.05, 3.63) is 122 Å². The third-order valence-electron chi connectivity index (χ3n) is 13.3. The smallest absolute Gasteiger partial charge is 0.462 e.